The van der Waals surface area contributed by atoms with Crippen molar-refractivity contribution in [3.8, 4) is 5.69 Å². The minimum Gasteiger partial charge on any atom is -0.392 e. The SMILES string of the molecule is Cc1ccc(F)c(-n2nnnc2CN2CCN(C[C@H](C)O)CC2)c1. The number of tetrazole rings is 1. The van der Waals surface area contributed by atoms with Gasteiger partial charge in [0, 0.05) is 32.7 Å². The second kappa shape index (κ2) is 7.33. The summed E-state index contributed by atoms with van der Waals surface area (Å²) >= 11 is 0. The van der Waals surface area contributed by atoms with Crippen molar-refractivity contribution in [3.05, 3.63) is 35.4 Å². The molecule has 130 valence electrons. The van der Waals surface area contributed by atoms with Crippen LogP contribution in [0.25, 0.3) is 5.69 Å². The molecule has 1 atom stereocenters. The van der Waals surface area contributed by atoms with E-state index in [-0.39, 0.29) is 11.9 Å². The van der Waals surface area contributed by atoms with Crippen molar-refractivity contribution in [3.63, 3.8) is 0 Å². The van der Waals surface area contributed by atoms with Gasteiger partial charge in [-0.2, -0.15) is 4.68 Å². The van der Waals surface area contributed by atoms with Crippen molar-refractivity contribution in [1.82, 2.24) is 30.0 Å². The number of rotatable bonds is 5. The molecule has 8 heteroatoms. The predicted molar refractivity (Wildman–Crippen MR) is 87.2 cm³/mol. The number of halogens is 1. The van der Waals surface area contributed by atoms with Gasteiger partial charge in [-0.05, 0) is 42.0 Å². The Bertz CT molecular complexity index is 681. The first kappa shape index (κ1) is 16.9. The maximum absolute atomic E-state index is 14.1. The van der Waals surface area contributed by atoms with Crippen LogP contribution in [0.5, 0.6) is 0 Å². The first-order valence-electron chi connectivity index (χ1n) is 8.19. The van der Waals surface area contributed by atoms with Gasteiger partial charge in [0.15, 0.2) is 5.82 Å². The van der Waals surface area contributed by atoms with Crippen molar-refractivity contribution in [2.45, 2.75) is 26.5 Å². The number of aliphatic hydroxyl groups is 1. The van der Waals surface area contributed by atoms with Crippen molar-refractivity contribution in [2.24, 2.45) is 0 Å². The molecule has 1 aliphatic heterocycles. The van der Waals surface area contributed by atoms with Gasteiger partial charge >= 0.3 is 0 Å². The summed E-state index contributed by atoms with van der Waals surface area (Å²) in [6.07, 6.45) is -0.312. The largest absolute Gasteiger partial charge is 0.392 e. The lowest BCUT2D eigenvalue weighted by Crippen LogP contribution is -2.48. The smallest absolute Gasteiger partial charge is 0.170 e. The van der Waals surface area contributed by atoms with E-state index in [0.717, 1.165) is 31.7 Å². The van der Waals surface area contributed by atoms with Crippen LogP contribution >= 0.6 is 0 Å². The number of nitrogens with zero attached hydrogens (tertiary/aromatic N) is 6. The maximum Gasteiger partial charge on any atom is 0.170 e. The monoisotopic (exact) mass is 334 g/mol. The Labute approximate surface area is 140 Å². The van der Waals surface area contributed by atoms with E-state index in [1.165, 1.54) is 10.7 Å². The van der Waals surface area contributed by atoms with Crippen LogP contribution < -0.4 is 0 Å². The molecule has 0 bridgehead atoms. The summed E-state index contributed by atoms with van der Waals surface area (Å²) in [5.41, 5.74) is 1.34. The average Bonchev–Trinajstić information content (AvgIpc) is 2.99. The Hall–Kier alpha value is -1.90. The average molecular weight is 334 g/mol. The first-order chi connectivity index (χ1) is 11.5. The van der Waals surface area contributed by atoms with E-state index >= 15 is 0 Å². The van der Waals surface area contributed by atoms with E-state index < -0.39 is 0 Å². The molecule has 3 rings (SSSR count). The number of hydrogen-bond acceptors (Lipinski definition) is 6. The summed E-state index contributed by atoms with van der Waals surface area (Å²) in [6, 6.07) is 4.91. The molecule has 1 N–H and O–H groups in total. The molecule has 2 heterocycles. The molecular weight excluding hydrogens is 311 g/mol. The van der Waals surface area contributed by atoms with Crippen LogP contribution in [0.3, 0.4) is 0 Å². The molecule has 1 aromatic heterocycles. The highest BCUT2D eigenvalue weighted by Gasteiger charge is 2.21. The molecule has 1 fully saturated rings. The summed E-state index contributed by atoms with van der Waals surface area (Å²) in [5.74, 6) is 0.291. The van der Waals surface area contributed by atoms with Crippen molar-refractivity contribution >= 4 is 0 Å². The molecular formula is C16H23FN6O. The molecule has 24 heavy (non-hydrogen) atoms. The van der Waals surface area contributed by atoms with Gasteiger partial charge in [0.05, 0.1) is 12.6 Å². The van der Waals surface area contributed by atoms with Crippen LogP contribution in [0, 0.1) is 12.7 Å². The number of hydrogen-bond donors (Lipinski definition) is 1. The van der Waals surface area contributed by atoms with Gasteiger partial charge in [-0.3, -0.25) is 9.80 Å². The van der Waals surface area contributed by atoms with Gasteiger partial charge < -0.3 is 5.11 Å². The first-order valence-corrected chi connectivity index (χ1v) is 8.19. The highest BCUT2D eigenvalue weighted by Crippen LogP contribution is 2.16. The Morgan fingerprint density at radius 2 is 1.92 bits per heavy atom. The van der Waals surface area contributed by atoms with E-state index in [2.05, 4.69) is 25.3 Å². The van der Waals surface area contributed by atoms with Crippen LogP contribution in [-0.2, 0) is 6.54 Å². The summed E-state index contributed by atoms with van der Waals surface area (Å²) in [5, 5.41) is 21.2. The fourth-order valence-corrected chi connectivity index (χ4v) is 2.98. The van der Waals surface area contributed by atoms with Gasteiger partial charge in [0.2, 0.25) is 0 Å². The second-order valence-electron chi connectivity index (χ2n) is 6.39. The van der Waals surface area contributed by atoms with Gasteiger partial charge in [-0.25, -0.2) is 4.39 Å². The Kier molecular flexibility index (Phi) is 5.17. The number of piperazine rings is 1. The van der Waals surface area contributed by atoms with Crippen molar-refractivity contribution in [1.29, 1.82) is 0 Å². The molecule has 0 radical (unpaired) electrons. The lowest BCUT2D eigenvalue weighted by molar-refractivity contribution is 0.0768. The topological polar surface area (TPSA) is 70.3 Å². The third-order valence-corrected chi connectivity index (χ3v) is 4.22. The zero-order chi connectivity index (χ0) is 17.1. The molecule has 1 aromatic carbocycles. The van der Waals surface area contributed by atoms with Crippen molar-refractivity contribution < 1.29 is 9.50 Å². The molecule has 0 unspecified atom stereocenters. The normalized spacial score (nSPS) is 18.0. The molecule has 0 spiro atoms. The zero-order valence-electron chi connectivity index (χ0n) is 14.1. The molecule has 0 saturated carbocycles. The van der Waals surface area contributed by atoms with Crippen molar-refractivity contribution in [2.75, 3.05) is 32.7 Å². The van der Waals surface area contributed by atoms with Crippen LogP contribution in [-0.4, -0.2) is 73.9 Å². The fraction of sp³-hybridized carbons (Fsp3) is 0.562. The lowest BCUT2D eigenvalue weighted by Gasteiger charge is -2.34. The number of benzene rings is 1. The van der Waals surface area contributed by atoms with Crippen LogP contribution in [0.15, 0.2) is 18.2 Å². The number of aromatic nitrogens is 4. The number of aliphatic hydroxyl groups excluding tert-OH is 1. The Morgan fingerprint density at radius 3 is 2.62 bits per heavy atom. The fourth-order valence-electron chi connectivity index (χ4n) is 2.98. The van der Waals surface area contributed by atoms with E-state index in [1.54, 1.807) is 19.1 Å². The lowest BCUT2D eigenvalue weighted by atomic mass is 10.2. The highest BCUT2D eigenvalue weighted by atomic mass is 19.1. The standard InChI is InChI=1S/C16H23FN6O/c1-12-3-4-14(17)15(9-12)23-16(18-19-20-23)11-22-7-5-21(6-8-22)10-13(2)24/h3-4,9,13,24H,5-8,10-11H2,1-2H3/t13-/m0/s1. The third-order valence-electron chi connectivity index (χ3n) is 4.22. The maximum atomic E-state index is 14.1. The minimum absolute atomic E-state index is 0.312. The van der Waals surface area contributed by atoms with Gasteiger partial charge in [-0.1, -0.05) is 6.07 Å². The van der Waals surface area contributed by atoms with Crippen LogP contribution in [0.1, 0.15) is 18.3 Å². The third kappa shape index (κ3) is 3.95. The zero-order valence-corrected chi connectivity index (χ0v) is 14.1. The van der Waals surface area contributed by atoms with E-state index in [4.69, 9.17) is 0 Å². The second-order valence-corrected chi connectivity index (χ2v) is 6.39. The van der Waals surface area contributed by atoms with E-state index in [0.29, 0.717) is 24.6 Å². The molecule has 7 nitrogen and oxygen atoms in total. The minimum atomic E-state index is -0.337. The van der Waals surface area contributed by atoms with Crippen LogP contribution in [0.2, 0.25) is 0 Å². The summed E-state index contributed by atoms with van der Waals surface area (Å²) in [7, 11) is 0. The Balaban J connectivity index is 1.68. The van der Waals surface area contributed by atoms with Gasteiger partial charge in [-0.15, -0.1) is 5.10 Å². The van der Waals surface area contributed by atoms with Gasteiger partial charge in [0.25, 0.3) is 0 Å². The van der Waals surface area contributed by atoms with E-state index in [9.17, 15) is 9.50 Å². The quantitative estimate of drug-likeness (QED) is 0.864. The molecule has 0 amide bonds. The van der Waals surface area contributed by atoms with Gasteiger partial charge in [0.1, 0.15) is 11.5 Å². The van der Waals surface area contributed by atoms with Crippen LogP contribution in [0.4, 0.5) is 4.39 Å². The summed E-state index contributed by atoms with van der Waals surface area (Å²) in [6.45, 7) is 8.51. The molecule has 2 aromatic rings. The predicted octanol–water partition coefficient (Wildman–Crippen LogP) is 0.608. The molecule has 0 aliphatic carbocycles. The summed E-state index contributed by atoms with van der Waals surface area (Å²) < 4.78 is 15.6. The number of β-amino-alcohol motifs (C(OH)–C–C–N with tert-alkyl or cyclic N) is 1. The number of aryl methyl sites for hydroxylation is 1. The summed E-state index contributed by atoms with van der Waals surface area (Å²) in [4.78, 5) is 4.48. The molecule has 1 saturated heterocycles. The Morgan fingerprint density at radius 1 is 1.21 bits per heavy atom. The highest BCUT2D eigenvalue weighted by molar-refractivity contribution is 5.36. The van der Waals surface area contributed by atoms with E-state index in [1.807, 2.05) is 6.92 Å². The molecule has 1 aliphatic rings.